The maximum atomic E-state index is 2.39. The summed E-state index contributed by atoms with van der Waals surface area (Å²) >= 11 is 0. The fourth-order valence-corrected chi connectivity index (χ4v) is 2.01. The minimum Gasteiger partial charge on any atom is -0.0885 e. The molecule has 17 heavy (non-hydrogen) atoms. The third-order valence-corrected chi connectivity index (χ3v) is 3.23. The Balaban J connectivity index is 3.08. The second-order valence-corrected chi connectivity index (χ2v) is 6.18. The highest BCUT2D eigenvalue weighted by atomic mass is 14.0. The van der Waals surface area contributed by atoms with Crippen LogP contribution >= 0.6 is 0 Å². The molecule has 0 bridgehead atoms. The number of hydrogen-bond donors (Lipinski definition) is 0. The van der Waals surface area contributed by atoms with Crippen LogP contribution in [-0.2, 0) is 0 Å². The summed E-state index contributed by atoms with van der Waals surface area (Å²) in [5.41, 5.74) is 0. The van der Waals surface area contributed by atoms with Crippen molar-refractivity contribution in [3.05, 3.63) is 12.2 Å². The van der Waals surface area contributed by atoms with Crippen LogP contribution in [0.1, 0.15) is 85.5 Å². The van der Waals surface area contributed by atoms with Gasteiger partial charge in [0.25, 0.3) is 0 Å². The maximum absolute atomic E-state index is 2.39. The molecular weight excluding hydrogens is 204 g/mol. The zero-order valence-corrected chi connectivity index (χ0v) is 12.7. The zero-order valence-electron chi connectivity index (χ0n) is 12.7. The molecule has 0 atom stereocenters. The van der Waals surface area contributed by atoms with Crippen LogP contribution < -0.4 is 0 Å². The Bertz CT molecular complexity index is 165. The molecule has 0 rings (SSSR count). The van der Waals surface area contributed by atoms with Gasteiger partial charge in [-0.25, -0.2) is 0 Å². The Morgan fingerprint density at radius 1 is 0.588 bits per heavy atom. The van der Waals surface area contributed by atoms with Gasteiger partial charge in [-0.05, 0) is 37.5 Å². The molecule has 0 saturated heterocycles. The zero-order chi connectivity index (χ0) is 12.9. The fourth-order valence-electron chi connectivity index (χ4n) is 2.01. The highest BCUT2D eigenvalue weighted by Gasteiger charge is 1.94. The normalized spacial score (nSPS) is 12.1. The first-order valence-electron chi connectivity index (χ1n) is 7.78. The van der Waals surface area contributed by atoms with E-state index in [1.807, 2.05) is 0 Å². The highest BCUT2D eigenvalue weighted by Crippen LogP contribution is 2.11. The summed E-state index contributed by atoms with van der Waals surface area (Å²) in [6.07, 6.45) is 17.2. The van der Waals surface area contributed by atoms with Crippen molar-refractivity contribution >= 4 is 0 Å². The second-order valence-electron chi connectivity index (χ2n) is 6.18. The van der Waals surface area contributed by atoms with Gasteiger partial charge in [0.2, 0.25) is 0 Å². The van der Waals surface area contributed by atoms with Gasteiger partial charge >= 0.3 is 0 Å². The standard InChI is InChI=1S/C17H34/c1-16(2)14-12-10-8-6-5-7-9-11-13-15-17(3)4/h8,10,16-17H,5-7,9,11-15H2,1-4H3/b10-8-. The van der Waals surface area contributed by atoms with E-state index in [4.69, 9.17) is 0 Å². The van der Waals surface area contributed by atoms with Gasteiger partial charge in [0, 0.05) is 0 Å². The van der Waals surface area contributed by atoms with E-state index in [2.05, 4.69) is 39.8 Å². The number of rotatable bonds is 11. The fraction of sp³-hybridized carbons (Fsp3) is 0.882. The summed E-state index contributed by atoms with van der Waals surface area (Å²) in [7, 11) is 0. The van der Waals surface area contributed by atoms with Gasteiger partial charge in [-0.1, -0.05) is 72.0 Å². The Morgan fingerprint density at radius 2 is 1.12 bits per heavy atom. The van der Waals surface area contributed by atoms with E-state index in [0.717, 1.165) is 11.8 Å². The largest absolute Gasteiger partial charge is 0.0885 e. The van der Waals surface area contributed by atoms with Crippen LogP contribution in [0, 0.1) is 11.8 Å². The molecule has 0 saturated carbocycles. The topological polar surface area (TPSA) is 0 Å². The Morgan fingerprint density at radius 3 is 1.76 bits per heavy atom. The van der Waals surface area contributed by atoms with Crippen LogP contribution in [0.25, 0.3) is 0 Å². The molecule has 0 aliphatic heterocycles. The lowest BCUT2D eigenvalue weighted by atomic mass is 10.0. The molecule has 0 aromatic rings. The molecule has 0 spiro atoms. The molecule has 0 aliphatic carbocycles. The van der Waals surface area contributed by atoms with E-state index in [9.17, 15) is 0 Å². The van der Waals surface area contributed by atoms with E-state index in [1.54, 1.807) is 0 Å². The first kappa shape index (κ1) is 16.7. The molecule has 0 heterocycles. The molecule has 0 fully saturated rings. The lowest BCUT2D eigenvalue weighted by molar-refractivity contribution is 0.516. The molecule has 0 aromatic carbocycles. The Hall–Kier alpha value is -0.260. The van der Waals surface area contributed by atoms with Crippen molar-refractivity contribution < 1.29 is 0 Å². The van der Waals surface area contributed by atoms with Crippen LogP contribution in [0.15, 0.2) is 12.2 Å². The minimum atomic E-state index is 0.848. The van der Waals surface area contributed by atoms with Gasteiger partial charge in [0.05, 0.1) is 0 Å². The average molecular weight is 238 g/mol. The van der Waals surface area contributed by atoms with Crippen LogP contribution in [0.2, 0.25) is 0 Å². The summed E-state index contributed by atoms with van der Waals surface area (Å²) < 4.78 is 0. The van der Waals surface area contributed by atoms with Gasteiger partial charge in [-0.2, -0.15) is 0 Å². The molecule has 0 radical (unpaired) electrons. The minimum absolute atomic E-state index is 0.848. The van der Waals surface area contributed by atoms with Crippen molar-refractivity contribution in [3.63, 3.8) is 0 Å². The number of unbranched alkanes of at least 4 members (excludes halogenated alkanes) is 5. The molecule has 0 aromatic heterocycles. The summed E-state index contributed by atoms with van der Waals surface area (Å²) in [6.45, 7) is 9.24. The van der Waals surface area contributed by atoms with Crippen molar-refractivity contribution in [2.24, 2.45) is 11.8 Å². The average Bonchev–Trinajstić information content (AvgIpc) is 2.25. The van der Waals surface area contributed by atoms with Crippen molar-refractivity contribution in [1.29, 1.82) is 0 Å². The molecule has 0 heteroatoms. The van der Waals surface area contributed by atoms with Gasteiger partial charge in [-0.15, -0.1) is 0 Å². The van der Waals surface area contributed by atoms with Crippen LogP contribution in [-0.4, -0.2) is 0 Å². The summed E-state index contributed by atoms with van der Waals surface area (Å²) in [5.74, 6) is 1.74. The van der Waals surface area contributed by atoms with Crippen molar-refractivity contribution in [3.8, 4) is 0 Å². The monoisotopic (exact) mass is 238 g/mol. The predicted octanol–water partition coefficient (Wildman–Crippen LogP) is 6.37. The highest BCUT2D eigenvalue weighted by molar-refractivity contribution is 4.81. The van der Waals surface area contributed by atoms with Gasteiger partial charge in [0.15, 0.2) is 0 Å². The third-order valence-electron chi connectivity index (χ3n) is 3.23. The first-order valence-corrected chi connectivity index (χ1v) is 7.78. The number of allylic oxidation sites excluding steroid dienone is 2. The van der Waals surface area contributed by atoms with Crippen molar-refractivity contribution in [2.45, 2.75) is 85.5 Å². The first-order chi connectivity index (χ1) is 8.13. The van der Waals surface area contributed by atoms with E-state index in [-0.39, 0.29) is 0 Å². The van der Waals surface area contributed by atoms with Gasteiger partial charge in [-0.3, -0.25) is 0 Å². The third kappa shape index (κ3) is 15.7. The van der Waals surface area contributed by atoms with E-state index < -0.39 is 0 Å². The molecule has 0 amide bonds. The second kappa shape index (κ2) is 12.2. The smallest absolute Gasteiger partial charge is 0.0348 e. The number of hydrogen-bond acceptors (Lipinski definition) is 0. The van der Waals surface area contributed by atoms with E-state index in [0.29, 0.717) is 0 Å². The quantitative estimate of drug-likeness (QED) is 0.290. The maximum Gasteiger partial charge on any atom is -0.0348 e. The summed E-state index contributed by atoms with van der Waals surface area (Å²) in [6, 6.07) is 0. The van der Waals surface area contributed by atoms with Gasteiger partial charge in [0.1, 0.15) is 0 Å². The lowest BCUT2D eigenvalue weighted by Gasteiger charge is -2.03. The van der Waals surface area contributed by atoms with E-state index in [1.165, 1.54) is 57.8 Å². The SMILES string of the molecule is CC(C)CC/C=C\CCCCCCCC(C)C. The molecule has 102 valence electrons. The van der Waals surface area contributed by atoms with E-state index >= 15 is 0 Å². The lowest BCUT2D eigenvalue weighted by Crippen LogP contribution is -1.87. The molecule has 0 nitrogen and oxygen atoms in total. The van der Waals surface area contributed by atoms with Crippen LogP contribution in [0.5, 0.6) is 0 Å². The molecule has 0 aliphatic rings. The predicted molar refractivity (Wildman–Crippen MR) is 80.4 cm³/mol. The molecule has 0 unspecified atom stereocenters. The molecular formula is C17H34. The van der Waals surface area contributed by atoms with Crippen molar-refractivity contribution in [2.75, 3.05) is 0 Å². The van der Waals surface area contributed by atoms with Crippen LogP contribution in [0.4, 0.5) is 0 Å². The Kier molecular flexibility index (Phi) is 12.0. The summed E-state index contributed by atoms with van der Waals surface area (Å²) in [5, 5.41) is 0. The van der Waals surface area contributed by atoms with Crippen LogP contribution in [0.3, 0.4) is 0 Å². The molecule has 0 N–H and O–H groups in total. The van der Waals surface area contributed by atoms with Crippen molar-refractivity contribution in [1.82, 2.24) is 0 Å². The Labute approximate surface area is 110 Å². The van der Waals surface area contributed by atoms with Gasteiger partial charge < -0.3 is 0 Å². The summed E-state index contributed by atoms with van der Waals surface area (Å²) in [4.78, 5) is 0.